The zero-order chi connectivity index (χ0) is 16.5. The van der Waals surface area contributed by atoms with Crippen LogP contribution in [0, 0.1) is 0 Å². The summed E-state index contributed by atoms with van der Waals surface area (Å²) in [6.07, 6.45) is 3.35. The first-order valence-electron chi connectivity index (χ1n) is 8.33. The lowest BCUT2D eigenvalue weighted by atomic mass is 9.87. The minimum atomic E-state index is 0.226. The van der Waals surface area contributed by atoms with Crippen LogP contribution in [0.4, 0.5) is 11.5 Å². The molecule has 1 atom stereocenters. The van der Waals surface area contributed by atoms with Crippen LogP contribution in [0.25, 0.3) is 10.9 Å². The standard InChI is InChI=1S/C20H21N3O/c1-24-18-7-3-5-13-4-2-6-17(20(13)18)23-19-11-8-14-12-15(21)9-10-16(14)22-19/h3,5,7-12,17H,2,4,6,21H2,1H3,(H,22,23)/t17-/m1/s1. The van der Waals surface area contributed by atoms with Crippen LogP contribution in [-0.4, -0.2) is 12.1 Å². The molecule has 1 aromatic heterocycles. The molecule has 2 aromatic carbocycles. The van der Waals surface area contributed by atoms with Gasteiger partial charge < -0.3 is 15.8 Å². The Morgan fingerprint density at radius 3 is 2.96 bits per heavy atom. The molecule has 0 spiro atoms. The van der Waals surface area contributed by atoms with Crippen molar-refractivity contribution in [2.45, 2.75) is 25.3 Å². The van der Waals surface area contributed by atoms with E-state index < -0.39 is 0 Å². The Hall–Kier alpha value is -2.75. The van der Waals surface area contributed by atoms with Crippen molar-refractivity contribution in [2.75, 3.05) is 18.2 Å². The maximum Gasteiger partial charge on any atom is 0.127 e. The molecule has 1 heterocycles. The van der Waals surface area contributed by atoms with E-state index in [2.05, 4.69) is 23.5 Å². The summed E-state index contributed by atoms with van der Waals surface area (Å²) in [5.74, 6) is 1.84. The van der Waals surface area contributed by atoms with Crippen molar-refractivity contribution in [2.24, 2.45) is 0 Å². The minimum Gasteiger partial charge on any atom is -0.496 e. The molecule has 0 fully saturated rings. The number of rotatable bonds is 3. The zero-order valence-electron chi connectivity index (χ0n) is 13.8. The van der Waals surface area contributed by atoms with E-state index in [9.17, 15) is 0 Å². The van der Waals surface area contributed by atoms with Gasteiger partial charge in [0.1, 0.15) is 11.6 Å². The number of hydrogen-bond acceptors (Lipinski definition) is 4. The molecule has 3 N–H and O–H groups in total. The van der Waals surface area contributed by atoms with E-state index in [0.717, 1.165) is 41.0 Å². The molecule has 0 saturated carbocycles. The topological polar surface area (TPSA) is 60.2 Å². The number of benzene rings is 2. The molecular weight excluding hydrogens is 298 g/mol. The molecular formula is C20H21N3O. The first kappa shape index (κ1) is 14.8. The number of methoxy groups -OCH3 is 1. The number of nitrogens with one attached hydrogen (secondary N) is 1. The van der Waals surface area contributed by atoms with Gasteiger partial charge in [0, 0.05) is 16.6 Å². The van der Waals surface area contributed by atoms with E-state index in [-0.39, 0.29) is 6.04 Å². The summed E-state index contributed by atoms with van der Waals surface area (Å²) in [7, 11) is 1.74. The smallest absolute Gasteiger partial charge is 0.127 e. The number of anilines is 2. The number of nitrogens with two attached hydrogens (primary N) is 1. The highest BCUT2D eigenvalue weighted by Crippen LogP contribution is 2.38. The van der Waals surface area contributed by atoms with Crippen molar-refractivity contribution >= 4 is 22.4 Å². The summed E-state index contributed by atoms with van der Waals surface area (Å²) in [5, 5.41) is 4.65. The summed E-state index contributed by atoms with van der Waals surface area (Å²) >= 11 is 0. The number of nitrogen functional groups attached to an aromatic ring is 1. The minimum absolute atomic E-state index is 0.226. The largest absolute Gasteiger partial charge is 0.496 e. The van der Waals surface area contributed by atoms with Gasteiger partial charge >= 0.3 is 0 Å². The van der Waals surface area contributed by atoms with Crippen molar-refractivity contribution in [3.05, 3.63) is 59.7 Å². The predicted molar refractivity (Wildman–Crippen MR) is 98.5 cm³/mol. The van der Waals surface area contributed by atoms with E-state index in [4.69, 9.17) is 15.5 Å². The Labute approximate surface area is 141 Å². The molecule has 0 unspecified atom stereocenters. The molecule has 0 saturated heterocycles. The molecule has 122 valence electrons. The number of hydrogen-bond donors (Lipinski definition) is 2. The van der Waals surface area contributed by atoms with Crippen LogP contribution in [0.3, 0.4) is 0 Å². The SMILES string of the molecule is COc1cccc2c1[C@H](Nc1ccc3cc(N)ccc3n1)CCC2. The fourth-order valence-electron chi connectivity index (χ4n) is 3.57. The quantitative estimate of drug-likeness (QED) is 0.706. The third-order valence-corrected chi connectivity index (χ3v) is 4.70. The molecule has 4 heteroatoms. The molecule has 24 heavy (non-hydrogen) atoms. The van der Waals surface area contributed by atoms with Gasteiger partial charge in [-0.15, -0.1) is 0 Å². The second-order valence-corrected chi connectivity index (χ2v) is 6.27. The molecule has 3 aromatic rings. The first-order valence-corrected chi connectivity index (χ1v) is 8.33. The molecule has 0 bridgehead atoms. The van der Waals surface area contributed by atoms with Crippen LogP contribution in [0.15, 0.2) is 48.5 Å². The van der Waals surface area contributed by atoms with Gasteiger partial charge in [0.15, 0.2) is 0 Å². The number of nitrogens with zero attached hydrogens (tertiary/aromatic N) is 1. The number of pyridine rings is 1. The van der Waals surface area contributed by atoms with E-state index in [1.165, 1.54) is 17.5 Å². The summed E-state index contributed by atoms with van der Waals surface area (Å²) in [5.41, 5.74) is 10.2. The van der Waals surface area contributed by atoms with Crippen molar-refractivity contribution in [1.29, 1.82) is 0 Å². The Bertz CT molecular complexity index is 877. The molecule has 0 amide bonds. The monoisotopic (exact) mass is 319 g/mol. The van der Waals surface area contributed by atoms with Gasteiger partial charge in [0.05, 0.1) is 18.7 Å². The van der Waals surface area contributed by atoms with Crippen LogP contribution in [0.2, 0.25) is 0 Å². The number of ether oxygens (including phenoxy) is 1. The molecule has 1 aliphatic rings. The van der Waals surface area contributed by atoms with Crippen molar-refractivity contribution in [3.8, 4) is 5.75 Å². The van der Waals surface area contributed by atoms with Crippen molar-refractivity contribution in [1.82, 2.24) is 4.98 Å². The highest BCUT2D eigenvalue weighted by Gasteiger charge is 2.24. The van der Waals surface area contributed by atoms with Crippen LogP contribution in [-0.2, 0) is 6.42 Å². The lowest BCUT2D eigenvalue weighted by molar-refractivity contribution is 0.401. The van der Waals surface area contributed by atoms with E-state index in [0.29, 0.717) is 0 Å². The maximum atomic E-state index is 5.84. The summed E-state index contributed by atoms with van der Waals surface area (Å²) in [4.78, 5) is 4.73. The summed E-state index contributed by atoms with van der Waals surface area (Å²) < 4.78 is 5.59. The highest BCUT2D eigenvalue weighted by molar-refractivity contribution is 5.83. The lowest BCUT2D eigenvalue weighted by Gasteiger charge is -2.28. The highest BCUT2D eigenvalue weighted by atomic mass is 16.5. The lowest BCUT2D eigenvalue weighted by Crippen LogP contribution is -2.19. The van der Waals surface area contributed by atoms with Crippen LogP contribution in [0.5, 0.6) is 5.75 Å². The molecule has 4 rings (SSSR count). The fourth-order valence-corrected chi connectivity index (χ4v) is 3.57. The van der Waals surface area contributed by atoms with Crippen LogP contribution >= 0.6 is 0 Å². The van der Waals surface area contributed by atoms with Crippen molar-refractivity contribution < 1.29 is 4.74 Å². The Balaban J connectivity index is 1.68. The number of fused-ring (bicyclic) bond motifs is 2. The molecule has 0 radical (unpaired) electrons. The summed E-state index contributed by atoms with van der Waals surface area (Å²) in [6, 6.07) is 16.4. The average Bonchev–Trinajstić information content (AvgIpc) is 2.61. The third kappa shape index (κ3) is 2.64. The second-order valence-electron chi connectivity index (χ2n) is 6.27. The second kappa shape index (κ2) is 6.04. The van der Waals surface area contributed by atoms with E-state index in [1.54, 1.807) is 7.11 Å². The number of aromatic nitrogens is 1. The van der Waals surface area contributed by atoms with Crippen LogP contribution in [0.1, 0.15) is 30.0 Å². The van der Waals surface area contributed by atoms with Gasteiger partial charge in [-0.1, -0.05) is 12.1 Å². The Kier molecular flexibility index (Phi) is 3.73. The van der Waals surface area contributed by atoms with Gasteiger partial charge in [-0.2, -0.15) is 0 Å². The Morgan fingerprint density at radius 1 is 1.17 bits per heavy atom. The van der Waals surface area contributed by atoms with Crippen molar-refractivity contribution in [3.63, 3.8) is 0 Å². The van der Waals surface area contributed by atoms with Gasteiger partial charge in [0.25, 0.3) is 0 Å². The fraction of sp³-hybridized carbons (Fsp3) is 0.250. The first-order chi connectivity index (χ1) is 11.7. The van der Waals surface area contributed by atoms with Gasteiger partial charge in [-0.25, -0.2) is 4.98 Å². The van der Waals surface area contributed by atoms with Gasteiger partial charge in [-0.05, 0) is 61.2 Å². The third-order valence-electron chi connectivity index (χ3n) is 4.70. The zero-order valence-corrected chi connectivity index (χ0v) is 13.8. The normalized spacial score (nSPS) is 16.6. The van der Waals surface area contributed by atoms with Crippen LogP contribution < -0.4 is 15.8 Å². The van der Waals surface area contributed by atoms with Gasteiger partial charge in [-0.3, -0.25) is 0 Å². The summed E-state index contributed by atoms with van der Waals surface area (Å²) in [6.45, 7) is 0. The molecule has 4 nitrogen and oxygen atoms in total. The molecule has 1 aliphatic carbocycles. The molecule has 0 aliphatic heterocycles. The van der Waals surface area contributed by atoms with Gasteiger partial charge in [0.2, 0.25) is 0 Å². The predicted octanol–water partition coefficient (Wildman–Crippen LogP) is 4.32. The average molecular weight is 319 g/mol. The van der Waals surface area contributed by atoms with E-state index >= 15 is 0 Å². The van der Waals surface area contributed by atoms with E-state index in [1.807, 2.05) is 30.3 Å². The maximum absolute atomic E-state index is 5.84. The number of aryl methyl sites for hydroxylation is 1. The Morgan fingerprint density at radius 2 is 2.08 bits per heavy atom.